The van der Waals surface area contributed by atoms with Crippen LogP contribution in [0.4, 0.5) is 0 Å². The fourth-order valence-electron chi connectivity index (χ4n) is 3.21. The summed E-state index contributed by atoms with van der Waals surface area (Å²) in [4.78, 5) is 11.0. The molecular formula is C27H22Cl2N2O5. The number of carboxylic acids is 1. The third kappa shape index (κ3) is 7.31. The first-order valence-corrected chi connectivity index (χ1v) is 11.4. The number of carbonyl (C=O) groups is 1. The Morgan fingerprint density at radius 3 is 2.47 bits per heavy atom. The van der Waals surface area contributed by atoms with E-state index in [-0.39, 0.29) is 35.4 Å². The zero-order valence-electron chi connectivity index (χ0n) is 19.3. The molecule has 0 unspecified atom stereocenters. The Morgan fingerprint density at radius 1 is 1.08 bits per heavy atom. The van der Waals surface area contributed by atoms with Gasteiger partial charge in [0.1, 0.15) is 30.8 Å². The second-order valence-corrected chi connectivity index (χ2v) is 8.40. The maximum atomic E-state index is 11.0. The summed E-state index contributed by atoms with van der Waals surface area (Å²) in [6.07, 6.45) is 0.0742. The van der Waals surface area contributed by atoms with E-state index in [2.05, 4.69) is 17.9 Å². The zero-order chi connectivity index (χ0) is 26.1. The lowest BCUT2D eigenvalue weighted by Gasteiger charge is -2.15. The number of nitriles is 1. The minimum atomic E-state index is -1.12. The number of hydrogen-bond donors (Lipinski definition) is 2. The van der Waals surface area contributed by atoms with Crippen LogP contribution in [0, 0.1) is 23.2 Å². The summed E-state index contributed by atoms with van der Waals surface area (Å²) in [7, 11) is 1.55. The molecule has 9 heteroatoms. The third-order valence-electron chi connectivity index (χ3n) is 4.99. The van der Waals surface area contributed by atoms with Crippen molar-refractivity contribution in [1.29, 1.82) is 5.26 Å². The van der Waals surface area contributed by atoms with Gasteiger partial charge < -0.3 is 25.1 Å². The quantitative estimate of drug-likeness (QED) is 0.385. The second-order valence-electron chi connectivity index (χ2n) is 7.58. The molecule has 3 N–H and O–H groups in total. The minimum absolute atomic E-state index is 0.0671. The molecule has 3 aromatic carbocycles. The normalized spacial score (nSPS) is 11.0. The highest BCUT2D eigenvalue weighted by Crippen LogP contribution is 2.36. The summed E-state index contributed by atoms with van der Waals surface area (Å²) in [5, 5.41) is 18.5. The van der Waals surface area contributed by atoms with Gasteiger partial charge in [0, 0.05) is 11.1 Å². The number of carboxylic acid groups (broad SMARTS) is 1. The lowest BCUT2D eigenvalue weighted by Crippen LogP contribution is -2.32. The molecule has 0 aliphatic carbocycles. The Balaban J connectivity index is 1.72. The minimum Gasteiger partial charge on any atom is -0.497 e. The topological polar surface area (TPSA) is 115 Å². The monoisotopic (exact) mass is 524 g/mol. The Hall–Kier alpha value is -3.88. The van der Waals surface area contributed by atoms with Gasteiger partial charge >= 0.3 is 5.97 Å². The molecule has 0 spiro atoms. The molecule has 0 bridgehead atoms. The van der Waals surface area contributed by atoms with Gasteiger partial charge in [-0.05, 0) is 60.5 Å². The maximum Gasteiger partial charge on any atom is 0.320 e. The van der Waals surface area contributed by atoms with E-state index in [9.17, 15) is 4.79 Å². The van der Waals surface area contributed by atoms with Crippen LogP contribution < -0.4 is 19.9 Å². The van der Waals surface area contributed by atoms with Gasteiger partial charge in [-0.2, -0.15) is 5.26 Å². The smallest absolute Gasteiger partial charge is 0.320 e. The average molecular weight is 525 g/mol. The molecular weight excluding hydrogens is 503 g/mol. The molecule has 3 rings (SSSR count). The molecule has 0 aliphatic rings. The van der Waals surface area contributed by atoms with Gasteiger partial charge in [-0.3, -0.25) is 4.79 Å². The maximum absolute atomic E-state index is 11.0. The number of hydrogen-bond acceptors (Lipinski definition) is 6. The second kappa shape index (κ2) is 12.7. The molecule has 36 heavy (non-hydrogen) atoms. The first kappa shape index (κ1) is 26.7. The molecule has 1 atom stereocenters. The summed E-state index contributed by atoms with van der Waals surface area (Å²) in [6, 6.07) is 16.4. The van der Waals surface area contributed by atoms with Crippen LogP contribution in [0.5, 0.6) is 17.2 Å². The van der Waals surface area contributed by atoms with Crippen LogP contribution >= 0.6 is 23.2 Å². The van der Waals surface area contributed by atoms with Crippen LogP contribution in [-0.2, 0) is 17.8 Å². The van der Waals surface area contributed by atoms with Crippen LogP contribution in [0.3, 0.4) is 0 Å². The predicted octanol–water partition coefficient (Wildman–Crippen LogP) is 4.84. The lowest BCUT2D eigenvalue weighted by atomic mass is 10.1. The van der Waals surface area contributed by atoms with Crippen molar-refractivity contribution in [2.45, 2.75) is 19.1 Å². The summed E-state index contributed by atoms with van der Waals surface area (Å²) in [5.41, 5.74) is 8.10. The van der Waals surface area contributed by atoms with E-state index < -0.39 is 12.0 Å². The molecule has 0 amide bonds. The van der Waals surface area contributed by atoms with Crippen molar-refractivity contribution in [3.63, 3.8) is 0 Å². The Morgan fingerprint density at radius 2 is 1.81 bits per heavy atom. The van der Waals surface area contributed by atoms with Crippen molar-refractivity contribution in [2.75, 3.05) is 13.7 Å². The molecule has 0 saturated heterocycles. The highest BCUT2D eigenvalue weighted by Gasteiger charge is 2.17. The van der Waals surface area contributed by atoms with E-state index in [1.54, 1.807) is 55.6 Å². The highest BCUT2D eigenvalue weighted by molar-refractivity contribution is 6.37. The molecule has 184 valence electrons. The van der Waals surface area contributed by atoms with Crippen molar-refractivity contribution < 1.29 is 24.1 Å². The van der Waals surface area contributed by atoms with Crippen molar-refractivity contribution in [2.24, 2.45) is 5.73 Å². The van der Waals surface area contributed by atoms with E-state index in [0.717, 1.165) is 0 Å². The van der Waals surface area contributed by atoms with Crippen LogP contribution in [0.15, 0.2) is 54.6 Å². The molecule has 0 saturated carbocycles. The molecule has 7 nitrogen and oxygen atoms in total. The number of nitrogens with zero attached hydrogens (tertiary/aromatic N) is 1. The molecule has 0 heterocycles. The summed E-state index contributed by atoms with van der Waals surface area (Å²) >= 11 is 12.7. The number of aliphatic carboxylic acids is 1. The largest absolute Gasteiger partial charge is 0.497 e. The van der Waals surface area contributed by atoms with Crippen molar-refractivity contribution in [3.05, 3.63) is 86.9 Å². The molecule has 0 aliphatic heterocycles. The van der Waals surface area contributed by atoms with Crippen LogP contribution in [0.2, 0.25) is 10.0 Å². The van der Waals surface area contributed by atoms with E-state index in [1.165, 1.54) is 0 Å². The van der Waals surface area contributed by atoms with Gasteiger partial charge in [-0.15, -0.1) is 0 Å². The molecule has 3 aromatic rings. The molecule has 0 fully saturated rings. The van der Waals surface area contributed by atoms with Gasteiger partial charge in [0.25, 0.3) is 0 Å². The Kier molecular flexibility index (Phi) is 9.44. The van der Waals surface area contributed by atoms with E-state index in [4.69, 9.17) is 53.5 Å². The fraction of sp³-hybridized carbons (Fsp3) is 0.185. The summed E-state index contributed by atoms with van der Waals surface area (Å²) in [6.45, 7) is 0.174. The Bertz CT molecular complexity index is 1340. The van der Waals surface area contributed by atoms with Gasteiger partial charge in [0.05, 0.1) is 28.8 Å². The number of rotatable bonds is 9. The van der Waals surface area contributed by atoms with Crippen LogP contribution in [-0.4, -0.2) is 30.8 Å². The SMILES string of the molecule is COc1ccc(OCC#Cc2cccc(C#N)c2)c(COc2c(Cl)cc(C[C@H](N)C(=O)O)cc2Cl)c1. The first-order valence-electron chi connectivity index (χ1n) is 10.7. The summed E-state index contributed by atoms with van der Waals surface area (Å²) < 4.78 is 17.0. The van der Waals surface area contributed by atoms with Gasteiger partial charge in [0.2, 0.25) is 0 Å². The van der Waals surface area contributed by atoms with Crippen LogP contribution in [0.25, 0.3) is 0 Å². The van der Waals surface area contributed by atoms with E-state index >= 15 is 0 Å². The molecule has 0 aromatic heterocycles. The number of ether oxygens (including phenoxy) is 3. The van der Waals surface area contributed by atoms with Crippen molar-refractivity contribution >= 4 is 29.2 Å². The fourth-order valence-corrected chi connectivity index (χ4v) is 3.86. The number of methoxy groups -OCH3 is 1. The average Bonchev–Trinajstić information content (AvgIpc) is 2.86. The van der Waals surface area contributed by atoms with Gasteiger partial charge in [-0.25, -0.2) is 0 Å². The highest BCUT2D eigenvalue weighted by atomic mass is 35.5. The third-order valence-corrected chi connectivity index (χ3v) is 5.56. The summed E-state index contributed by atoms with van der Waals surface area (Å²) in [5.74, 6) is 6.17. The van der Waals surface area contributed by atoms with Gasteiger partial charge in [0.15, 0.2) is 5.75 Å². The van der Waals surface area contributed by atoms with Gasteiger partial charge in [-0.1, -0.05) is 41.1 Å². The zero-order valence-corrected chi connectivity index (χ0v) is 20.8. The number of nitrogens with two attached hydrogens (primary N) is 1. The number of halogens is 2. The lowest BCUT2D eigenvalue weighted by molar-refractivity contribution is -0.138. The standard InChI is InChI=1S/C27H22Cl2N2O5/c1-34-21-7-8-25(35-9-3-6-17-4-2-5-18(10-17)15-30)20(14-21)16-36-26-22(28)11-19(12-23(26)29)13-24(31)27(32)33/h2,4-5,7-8,10-12,14,24H,9,13,16,31H2,1H3,(H,32,33)/t24-/m0/s1. The van der Waals surface area contributed by atoms with Crippen molar-refractivity contribution in [3.8, 4) is 35.2 Å². The van der Waals surface area contributed by atoms with E-state index in [0.29, 0.717) is 33.8 Å². The molecule has 0 radical (unpaired) electrons. The Labute approximate surface area is 218 Å². The van der Waals surface area contributed by atoms with E-state index in [1.807, 2.05) is 6.07 Å². The number of benzene rings is 3. The predicted molar refractivity (Wildman–Crippen MR) is 137 cm³/mol. The first-order chi connectivity index (χ1) is 17.3. The van der Waals surface area contributed by atoms with Crippen LogP contribution in [0.1, 0.15) is 22.3 Å². The van der Waals surface area contributed by atoms with Crippen molar-refractivity contribution in [1.82, 2.24) is 0 Å².